The van der Waals surface area contributed by atoms with Gasteiger partial charge in [-0.25, -0.2) is 0 Å². The van der Waals surface area contributed by atoms with Gasteiger partial charge in [-0.2, -0.15) is 0 Å². The SMILES string of the molecule is CC(C)(C)c1ccc(N2B3c4sc5cc6c(cc5c4N(c4ccc(C(C)(C)C)cc4-c4ccccc4)c4cc5c(oc7ccccc75)c(c43)-c3cc4c(cc32)sc2cc(N(c3ccc(C(C)(C)C)cc3)c3ccc(C(C)(C)C)cc3)ccc24)C(C)(C)CCC6(C)C)cc1. The van der Waals surface area contributed by atoms with Crippen LogP contribution in [0.3, 0.4) is 0 Å². The van der Waals surface area contributed by atoms with Gasteiger partial charge in [-0.05, 0) is 187 Å². The predicted octanol–water partition coefficient (Wildman–Crippen LogP) is 24.6. The molecule has 4 nitrogen and oxygen atoms in total. The molecule has 464 valence electrons. The number of rotatable bonds is 6. The summed E-state index contributed by atoms with van der Waals surface area (Å²) in [5, 5.41) is 6.05. The first-order valence-corrected chi connectivity index (χ1v) is 35.3. The van der Waals surface area contributed by atoms with Gasteiger partial charge in [0.05, 0.1) is 11.4 Å². The van der Waals surface area contributed by atoms with E-state index in [4.69, 9.17) is 4.42 Å². The van der Waals surface area contributed by atoms with E-state index in [2.05, 4.69) is 320 Å². The maximum absolute atomic E-state index is 7.44. The second-order valence-corrected chi connectivity index (χ2v) is 34.6. The van der Waals surface area contributed by atoms with Crippen LogP contribution in [0.25, 0.3) is 74.5 Å². The molecule has 13 aromatic rings. The summed E-state index contributed by atoms with van der Waals surface area (Å²) in [5.41, 5.74) is 25.5. The quantitative estimate of drug-likeness (QED) is 0.155. The molecule has 5 heterocycles. The lowest BCUT2D eigenvalue weighted by atomic mass is 9.46. The second-order valence-electron chi connectivity index (χ2n) is 32.5. The van der Waals surface area contributed by atoms with Gasteiger partial charge < -0.3 is 19.0 Å². The van der Waals surface area contributed by atoms with Crippen molar-refractivity contribution >= 4 is 137 Å². The van der Waals surface area contributed by atoms with E-state index >= 15 is 0 Å². The second kappa shape index (κ2) is 20.6. The first-order chi connectivity index (χ1) is 44.1. The van der Waals surface area contributed by atoms with Gasteiger partial charge in [0.15, 0.2) is 0 Å². The fourth-order valence-electron chi connectivity index (χ4n) is 15.5. The number of hydrogen-bond acceptors (Lipinski definition) is 6. The van der Waals surface area contributed by atoms with Crippen molar-refractivity contribution in [2.75, 3.05) is 14.6 Å². The Labute approximate surface area is 558 Å². The molecule has 93 heavy (non-hydrogen) atoms. The average Bonchev–Trinajstić information content (AvgIpc) is 1.66. The molecule has 0 radical (unpaired) electrons. The van der Waals surface area contributed by atoms with Gasteiger partial charge >= 0.3 is 6.85 Å². The highest BCUT2D eigenvalue weighted by Crippen LogP contribution is 2.58. The fourth-order valence-corrected chi connectivity index (χ4v) is 18.0. The highest BCUT2D eigenvalue weighted by Gasteiger charge is 2.50. The van der Waals surface area contributed by atoms with E-state index in [1.54, 1.807) is 0 Å². The highest BCUT2D eigenvalue weighted by atomic mass is 32.1. The van der Waals surface area contributed by atoms with Crippen LogP contribution in [0.2, 0.25) is 0 Å². The molecule has 0 N–H and O–H groups in total. The molecular formula is C86H84BN3OS2. The van der Waals surface area contributed by atoms with Crippen LogP contribution < -0.4 is 24.9 Å². The number of anilines is 8. The molecule has 0 saturated carbocycles. The van der Waals surface area contributed by atoms with Crippen LogP contribution in [0.15, 0.2) is 199 Å². The summed E-state index contributed by atoms with van der Waals surface area (Å²) in [6.45, 7) is 37.4. The molecule has 3 aliphatic rings. The standard InChI is InChI=1S/C86H84BN3OS2/c1-81(2,3)52-26-33-56(34-27-52)88(57-35-28-53(29-36-57)82(4,5)6)59-39-40-61-63-46-65-70(50-75(63)92-73(61)45-59)90(58-37-30-54(31-38-58)83(7,8)9)87-77-71(48-64-60-24-20-21-25-72(60)91-79(64)76(65)77)89(69-41-32-55(84(10,11)12)44-62(69)51-22-18-17-19-23-51)78-66-47-67-68(49-74(66)93-80(78)87)86(15,16)43-42-85(67,13)14/h17-41,44-50H,42-43H2,1-16H3. The zero-order chi connectivity index (χ0) is 64.8. The van der Waals surface area contributed by atoms with Crippen molar-refractivity contribution in [2.45, 2.75) is 156 Å². The van der Waals surface area contributed by atoms with Crippen molar-refractivity contribution in [2.24, 2.45) is 0 Å². The topological polar surface area (TPSA) is 22.9 Å². The van der Waals surface area contributed by atoms with E-state index in [1.807, 2.05) is 22.7 Å². The van der Waals surface area contributed by atoms with Crippen LogP contribution in [-0.2, 0) is 32.5 Å². The molecule has 0 saturated heterocycles. The van der Waals surface area contributed by atoms with Crippen molar-refractivity contribution in [3.05, 3.63) is 228 Å². The Morgan fingerprint density at radius 3 is 1.60 bits per heavy atom. The molecule has 1 aliphatic carbocycles. The summed E-state index contributed by atoms with van der Waals surface area (Å²) < 4.78 is 12.6. The van der Waals surface area contributed by atoms with Gasteiger partial charge in [-0.15, -0.1) is 22.7 Å². The summed E-state index contributed by atoms with van der Waals surface area (Å²) in [6.07, 6.45) is 2.29. The first kappa shape index (κ1) is 59.6. The number of fused-ring (bicyclic) bond motifs is 14. The Kier molecular flexibility index (Phi) is 13.2. The number of furan rings is 1. The molecule has 0 spiro atoms. The Morgan fingerprint density at radius 1 is 0.430 bits per heavy atom. The summed E-state index contributed by atoms with van der Waals surface area (Å²) >= 11 is 3.91. The van der Waals surface area contributed by atoms with Gasteiger partial charge in [-0.3, -0.25) is 0 Å². The Balaban J connectivity index is 1.01. The molecule has 10 aromatic carbocycles. The average molecular weight is 1250 g/mol. The third kappa shape index (κ3) is 9.55. The van der Waals surface area contributed by atoms with Gasteiger partial charge in [0.2, 0.25) is 0 Å². The van der Waals surface area contributed by atoms with E-state index in [-0.39, 0.29) is 39.3 Å². The maximum atomic E-state index is 7.44. The molecule has 0 bridgehead atoms. The van der Waals surface area contributed by atoms with Crippen LogP contribution in [0, 0.1) is 0 Å². The van der Waals surface area contributed by atoms with E-state index in [0.29, 0.717) is 0 Å². The smallest absolute Gasteiger partial charge is 0.343 e. The normalized spacial score (nSPS) is 15.3. The van der Waals surface area contributed by atoms with Gasteiger partial charge in [0.25, 0.3) is 0 Å². The van der Waals surface area contributed by atoms with Gasteiger partial charge in [0.1, 0.15) is 11.2 Å². The van der Waals surface area contributed by atoms with Crippen LogP contribution in [0.1, 0.15) is 157 Å². The van der Waals surface area contributed by atoms with Crippen LogP contribution in [0.4, 0.5) is 45.5 Å². The van der Waals surface area contributed by atoms with Crippen molar-refractivity contribution in [3.63, 3.8) is 0 Å². The largest absolute Gasteiger partial charge is 0.455 e. The minimum Gasteiger partial charge on any atom is -0.455 e. The van der Waals surface area contributed by atoms with Crippen molar-refractivity contribution in [3.8, 4) is 22.3 Å². The molecule has 3 aromatic heterocycles. The highest BCUT2D eigenvalue weighted by molar-refractivity contribution is 7.32. The van der Waals surface area contributed by atoms with Gasteiger partial charge in [-0.1, -0.05) is 208 Å². The number of para-hydroxylation sites is 1. The Bertz CT molecular complexity index is 5130. The van der Waals surface area contributed by atoms with E-state index in [0.717, 1.165) is 51.8 Å². The predicted molar refractivity (Wildman–Crippen MR) is 406 cm³/mol. The summed E-state index contributed by atoms with van der Waals surface area (Å²) in [7, 11) is 0. The number of hydrogen-bond donors (Lipinski definition) is 0. The molecule has 16 rings (SSSR count). The van der Waals surface area contributed by atoms with Crippen molar-refractivity contribution in [1.29, 1.82) is 0 Å². The van der Waals surface area contributed by atoms with Crippen LogP contribution in [-0.4, -0.2) is 6.85 Å². The lowest BCUT2D eigenvalue weighted by Crippen LogP contribution is -2.60. The van der Waals surface area contributed by atoms with E-state index in [1.165, 1.54) is 125 Å². The lowest BCUT2D eigenvalue weighted by molar-refractivity contribution is 0.332. The third-order valence-electron chi connectivity index (χ3n) is 21.1. The van der Waals surface area contributed by atoms with Gasteiger partial charge in [0, 0.05) is 96.6 Å². The van der Waals surface area contributed by atoms with Crippen molar-refractivity contribution < 1.29 is 4.42 Å². The molecule has 0 unspecified atom stereocenters. The molecule has 0 amide bonds. The van der Waals surface area contributed by atoms with Crippen LogP contribution >= 0.6 is 22.7 Å². The molecule has 0 atom stereocenters. The lowest BCUT2D eigenvalue weighted by Gasteiger charge is -2.45. The first-order valence-electron chi connectivity index (χ1n) is 33.6. The Hall–Kier alpha value is -8.36. The minimum atomic E-state index is -0.224. The number of benzene rings is 10. The maximum Gasteiger partial charge on any atom is 0.343 e. The monoisotopic (exact) mass is 1250 g/mol. The van der Waals surface area contributed by atoms with Crippen molar-refractivity contribution in [1.82, 2.24) is 0 Å². The number of thiophene rings is 2. The zero-order valence-corrected chi connectivity index (χ0v) is 58.7. The molecule has 2 aliphatic heterocycles. The van der Waals surface area contributed by atoms with E-state index < -0.39 is 0 Å². The third-order valence-corrected chi connectivity index (χ3v) is 23.4. The van der Waals surface area contributed by atoms with E-state index in [9.17, 15) is 0 Å². The summed E-state index contributed by atoms with van der Waals surface area (Å²) in [4.78, 5) is 7.90. The zero-order valence-electron chi connectivity index (χ0n) is 57.0. The fraction of sp³-hybridized carbons (Fsp3) is 0.279. The Morgan fingerprint density at radius 2 is 0.978 bits per heavy atom. The van der Waals surface area contributed by atoms with Crippen LogP contribution in [0.5, 0.6) is 0 Å². The molecule has 7 heteroatoms. The minimum absolute atomic E-state index is 0.00144. The molecular weight excluding hydrogens is 1170 g/mol. The summed E-state index contributed by atoms with van der Waals surface area (Å²) in [5.74, 6) is 0. The number of nitrogens with zero attached hydrogens (tertiary/aromatic N) is 3. The summed E-state index contributed by atoms with van der Waals surface area (Å²) in [6, 6.07) is 75.3. The molecule has 0 fully saturated rings.